The molecule has 0 fully saturated rings. The zero-order valence-electron chi connectivity index (χ0n) is 84.6. The molecule has 350 valence electrons. The number of hydrogen-bond donors (Lipinski definition) is 0. The molecule has 0 N–H and O–H groups in total. The highest BCUT2D eigenvalue weighted by Gasteiger charge is 2.53. The van der Waals surface area contributed by atoms with E-state index in [1.807, 2.05) is 0 Å². The minimum atomic E-state index is -6.33. The number of anilines is 3. The summed E-state index contributed by atoms with van der Waals surface area (Å²) in [4.78, 5) is 0.442. The molecule has 0 atom stereocenters. The predicted molar refractivity (Wildman–Crippen MR) is 316 cm³/mol. The maximum Gasteiger partial charge on any atom is 0.180 e. The lowest BCUT2D eigenvalue weighted by Crippen LogP contribution is -2.72. The summed E-state index contributed by atoms with van der Waals surface area (Å²) < 4.78 is 451. The largest absolute Gasteiger partial charge is 0.310 e. The second-order valence-corrected chi connectivity index (χ2v) is 20.2. The molecule has 0 bridgehead atoms. The first-order valence-corrected chi connectivity index (χ1v) is 24.3. The van der Waals surface area contributed by atoms with Crippen molar-refractivity contribution in [2.75, 3.05) is 4.90 Å². The first kappa shape index (κ1) is 17.1. The molecule has 0 radical (unpaired) electrons. The van der Waals surface area contributed by atoms with Gasteiger partial charge in [0.2, 0.25) is 0 Å². The highest BCUT2D eigenvalue weighted by Crippen LogP contribution is 2.64. The molecule has 0 unspecified atom stereocenters. The van der Waals surface area contributed by atoms with E-state index >= 15 is 0 Å². The van der Waals surface area contributed by atoms with Gasteiger partial charge in [0.15, 0.2) is 8.07 Å². The Hall–Kier alpha value is -9.34. The van der Waals surface area contributed by atoms with E-state index < -0.39 is 424 Å². The summed E-state index contributed by atoms with van der Waals surface area (Å²) in [5.41, 5.74) is -23.9. The van der Waals surface area contributed by atoms with Crippen LogP contribution in [0.15, 0.2) is 296 Å². The molecule has 0 saturated carbocycles. The third kappa shape index (κ3) is 6.30. The van der Waals surface area contributed by atoms with Crippen LogP contribution >= 0.6 is 0 Å². The number of nitrogens with zero attached hydrogens (tertiary/aromatic N) is 1. The molecule has 1 nitrogen and oxygen atoms in total. The molecular formula is C73H49NSi. The summed E-state index contributed by atoms with van der Waals surface area (Å²) in [6.07, 6.45) is 0. The molecule has 0 amide bonds. The molecule has 1 spiro atoms. The predicted octanol–water partition coefficient (Wildman–Crippen LogP) is 15.9. The van der Waals surface area contributed by atoms with Crippen molar-refractivity contribution in [2.24, 2.45) is 0 Å². The van der Waals surface area contributed by atoms with Crippen molar-refractivity contribution in [3.05, 3.63) is 318 Å². The summed E-state index contributed by atoms with van der Waals surface area (Å²) in [6.45, 7) is 0. The second kappa shape index (κ2) is 17.1. The summed E-state index contributed by atoms with van der Waals surface area (Å²) >= 11 is 0. The minimum Gasteiger partial charge on any atom is -0.310 e. The Kier molecular flexibility index (Phi) is 3.91. The van der Waals surface area contributed by atoms with Gasteiger partial charge in [0.1, 0.15) is 0 Å². The Morgan fingerprint density at radius 3 is 1.13 bits per heavy atom. The quantitative estimate of drug-likeness (QED) is 0.144. The fourth-order valence-electron chi connectivity index (χ4n) is 10.3. The molecule has 2 aliphatic heterocycles. The van der Waals surface area contributed by atoms with Gasteiger partial charge >= 0.3 is 0 Å². The van der Waals surface area contributed by atoms with E-state index in [9.17, 15) is 45.2 Å². The Balaban J connectivity index is 1.29. The smallest absolute Gasteiger partial charge is 0.180 e. The van der Waals surface area contributed by atoms with Crippen molar-refractivity contribution in [1.82, 2.24) is 0 Å². The van der Waals surface area contributed by atoms with E-state index in [0.717, 1.165) is 0 Å². The highest BCUT2D eigenvalue weighted by atomic mass is 28.3. The van der Waals surface area contributed by atoms with Crippen LogP contribution < -0.4 is 25.6 Å². The van der Waals surface area contributed by atoms with Crippen LogP contribution in [0.3, 0.4) is 0 Å². The molecule has 0 aromatic heterocycles. The normalized spacial score (nSPS) is 22.6. The number of benzene rings is 12. The van der Waals surface area contributed by atoms with Crippen molar-refractivity contribution >= 4 is 45.9 Å². The molecule has 2 heterocycles. The van der Waals surface area contributed by atoms with Gasteiger partial charge in [0.05, 0.1) is 81.2 Å². The van der Waals surface area contributed by atoms with E-state index in [1.165, 1.54) is 0 Å². The zero-order valence-corrected chi connectivity index (χ0v) is 38.6. The second-order valence-electron chi connectivity index (χ2n) is 16.7. The third-order valence-electron chi connectivity index (χ3n) is 13.2. The first-order chi connectivity index (χ1) is 56.7. The van der Waals surface area contributed by atoms with Crippen molar-refractivity contribution in [3.8, 4) is 66.8 Å². The van der Waals surface area contributed by atoms with E-state index in [0.29, 0.717) is 17.0 Å². The van der Waals surface area contributed by atoms with Gasteiger partial charge in [-0.15, -0.1) is 0 Å². The van der Waals surface area contributed by atoms with Crippen LogP contribution in [0.25, 0.3) is 66.8 Å². The first-order valence-electron chi connectivity index (χ1n) is 45.8. The van der Waals surface area contributed by atoms with Gasteiger partial charge in [-0.1, -0.05) is 260 Å². The molecule has 12 aromatic rings. The zero-order chi connectivity index (χ0) is 90.4. The maximum atomic E-state index is 11.1. The topological polar surface area (TPSA) is 3.24 Å². The van der Waals surface area contributed by atoms with E-state index in [2.05, 4.69) is 0 Å². The van der Waals surface area contributed by atoms with Gasteiger partial charge in [-0.05, 0) is 146 Å². The number of hydrogen-bond acceptors (Lipinski definition) is 1. The Morgan fingerprint density at radius 1 is 0.280 bits per heavy atom. The molecule has 0 saturated heterocycles. The van der Waals surface area contributed by atoms with Gasteiger partial charge in [-0.3, -0.25) is 0 Å². The Morgan fingerprint density at radius 2 is 0.653 bits per heavy atom. The van der Waals surface area contributed by atoms with Gasteiger partial charge in [0.25, 0.3) is 0 Å². The minimum absolute atomic E-state index is 0.442. The highest BCUT2D eigenvalue weighted by molar-refractivity contribution is 7.22. The summed E-state index contributed by atoms with van der Waals surface area (Å²) in [5.74, 6) is 0. The summed E-state index contributed by atoms with van der Waals surface area (Å²) in [6, 6.07) is -57.3. The van der Waals surface area contributed by atoms with Crippen LogP contribution in [-0.2, 0) is 5.41 Å². The Labute approximate surface area is 506 Å². The van der Waals surface area contributed by atoms with Gasteiger partial charge < -0.3 is 4.90 Å². The summed E-state index contributed by atoms with van der Waals surface area (Å²) in [5, 5.41) is -4.30. The maximum absolute atomic E-state index is 11.1. The lowest BCUT2D eigenvalue weighted by atomic mass is 9.64. The average Bonchev–Trinajstić information content (AvgIpc) is 1.44. The van der Waals surface area contributed by atoms with Gasteiger partial charge in [0, 0.05) is 5.69 Å². The van der Waals surface area contributed by atoms with Crippen LogP contribution in [0.4, 0.5) is 17.1 Å². The van der Waals surface area contributed by atoms with Gasteiger partial charge in [-0.2, -0.15) is 0 Å². The van der Waals surface area contributed by atoms with Crippen LogP contribution in [0.5, 0.6) is 0 Å². The van der Waals surface area contributed by atoms with Crippen LogP contribution in [0.1, 0.15) is 86.7 Å². The molecule has 15 rings (SSSR count). The average molecular weight is 1020 g/mol. The fraction of sp³-hybridized carbons (Fsp3) is 0.0137. The standard InChI is InChI=1S/C73H49NSi/c1-5-23-50(24-6-1)57-31-13-15-33-59(57)52-41-44-69-67(47-52)73(65-38-20-17-35-61(65)62-36-18-21-39-66(62)73)68-48-53(60-34-16-14-32-58(60)51-25-7-2-8-26-51)42-45-70(68)74(69)54-43-46-72-64(49-54)63-37-19-22-40-71(63)75(72,55-27-9-3-10-28-55)56-29-11-4-12-30-56/h1-49H/i1D,2D,3D,4D,5D,6D,7D,8D,9D,10D,11D,12D,13D,14D,15D,16D,17D,18D,19D,20D,21D,22D,23D,24D,25D,26D,27D,28D,29D,30D,31D,32D,33D,34D,35D,36D,37D,38D,39D,40D,41D,42D,43D,44D,45D,46D,49D. The van der Waals surface area contributed by atoms with Crippen molar-refractivity contribution in [2.45, 2.75) is 5.41 Å². The fourth-order valence-corrected chi connectivity index (χ4v) is 14.4. The molecule has 3 aliphatic rings. The van der Waals surface area contributed by atoms with E-state index in [1.54, 1.807) is 0 Å². The van der Waals surface area contributed by atoms with Crippen molar-refractivity contribution in [3.63, 3.8) is 0 Å². The monoisotopic (exact) mass is 1010 g/mol. The van der Waals surface area contributed by atoms with Crippen LogP contribution in [0, 0.1) is 0 Å². The lowest BCUT2D eigenvalue weighted by molar-refractivity contribution is 0.753. The van der Waals surface area contributed by atoms with Crippen molar-refractivity contribution < 1.29 is 64.4 Å². The molecule has 1 aliphatic carbocycles. The van der Waals surface area contributed by atoms with E-state index in [4.69, 9.17) is 19.2 Å². The van der Waals surface area contributed by atoms with Gasteiger partial charge in [-0.25, -0.2) is 0 Å². The molecule has 2 heteroatoms. The summed E-state index contributed by atoms with van der Waals surface area (Å²) in [7, 11) is -6.33. The Bertz CT molecular complexity index is 6590. The number of fused-ring (bicyclic) bond motifs is 12. The molecule has 75 heavy (non-hydrogen) atoms. The molecule has 12 aromatic carbocycles. The third-order valence-corrected chi connectivity index (χ3v) is 17.5. The number of rotatable bonds is 7. The molecular weight excluding hydrogens is 919 g/mol. The SMILES string of the molecule is [2H]c1c(-c2c([2H])c([2H])c([2H])c([2H])c2-c2c([2H])c([2H])c([2H])c([2H])c2[2H])cc2c(c1[2H])N(c1c([2H])c([2H])c3c(c1[2H])-c1c([2H])c([2H])c([2H])c([2H])c1[Si]3(c1c([2H])c([2H])c([2H])c([2H])c1[2H])c1c([2H])c([2H])c([2H])c([2H])c1[2H])c1c(cc(-c3c([2H])c([2H])c([2H])c([2H])c3-c3c([2H])c([2H])c([2H])c([2H])c3[2H])c([2H])c1[2H])C21c2c([2H])c([2H])c([2H])c([2H])c2-c2c([2H])c([2H])c([2H])c([2H])c21. The lowest BCUT2D eigenvalue weighted by Gasteiger charge is -2.45. The van der Waals surface area contributed by atoms with Crippen molar-refractivity contribution in [1.29, 1.82) is 0 Å². The van der Waals surface area contributed by atoms with E-state index in [-0.39, 0.29) is 0 Å². The van der Waals surface area contributed by atoms with Crippen LogP contribution in [-0.4, -0.2) is 8.07 Å². The van der Waals surface area contributed by atoms with Crippen LogP contribution in [0.2, 0.25) is 0 Å².